The van der Waals surface area contributed by atoms with Crippen molar-refractivity contribution in [2.45, 2.75) is 26.1 Å². The van der Waals surface area contributed by atoms with Gasteiger partial charge in [-0.05, 0) is 38.1 Å². The fourth-order valence-electron chi connectivity index (χ4n) is 4.64. The fourth-order valence-corrected chi connectivity index (χ4v) is 5.07. The standard InChI is InChI=1S/C23H23Cl2N5O2/c1-3-28(4-2)22(31)21-26-20-14-29-11-12-32-23(29,16-7-5-6-8-18(16)25)17-13-15(24)9-10-19(17)30(20)27-21/h5-10,13H,3-4,11-12,14H2,1-2H3. The fraction of sp³-hybridized carbons (Fsp3) is 0.348. The van der Waals surface area contributed by atoms with Crippen LogP contribution in [0.4, 0.5) is 0 Å². The van der Waals surface area contributed by atoms with Crippen molar-refractivity contribution < 1.29 is 9.53 Å². The van der Waals surface area contributed by atoms with E-state index in [0.717, 1.165) is 16.8 Å². The molecule has 1 aromatic heterocycles. The van der Waals surface area contributed by atoms with Gasteiger partial charge >= 0.3 is 0 Å². The number of amides is 1. The van der Waals surface area contributed by atoms with E-state index in [4.69, 9.17) is 27.9 Å². The smallest absolute Gasteiger partial charge is 0.293 e. The van der Waals surface area contributed by atoms with E-state index in [0.29, 0.717) is 48.7 Å². The highest BCUT2D eigenvalue weighted by Gasteiger charge is 2.50. The first-order chi connectivity index (χ1) is 15.5. The van der Waals surface area contributed by atoms with Gasteiger partial charge in [-0.25, -0.2) is 9.67 Å². The van der Waals surface area contributed by atoms with Crippen molar-refractivity contribution in [2.75, 3.05) is 26.2 Å². The number of rotatable bonds is 4. The van der Waals surface area contributed by atoms with Crippen molar-refractivity contribution in [3.05, 3.63) is 75.3 Å². The first-order valence-corrected chi connectivity index (χ1v) is 11.4. The Morgan fingerprint density at radius 3 is 2.69 bits per heavy atom. The molecule has 7 nitrogen and oxygen atoms in total. The first kappa shape index (κ1) is 21.4. The molecular formula is C23H23Cl2N5O2. The van der Waals surface area contributed by atoms with E-state index in [9.17, 15) is 4.79 Å². The van der Waals surface area contributed by atoms with Gasteiger partial charge in [0.05, 0.1) is 18.8 Å². The molecule has 1 unspecified atom stereocenters. The molecule has 0 saturated carbocycles. The van der Waals surface area contributed by atoms with E-state index in [2.05, 4.69) is 15.0 Å². The molecule has 166 valence electrons. The summed E-state index contributed by atoms with van der Waals surface area (Å²) in [7, 11) is 0. The molecule has 0 aliphatic carbocycles. The summed E-state index contributed by atoms with van der Waals surface area (Å²) in [6.07, 6.45) is 0. The predicted molar refractivity (Wildman–Crippen MR) is 122 cm³/mol. The number of fused-ring (bicyclic) bond motifs is 5. The maximum atomic E-state index is 12.9. The monoisotopic (exact) mass is 471 g/mol. The molecule has 1 atom stereocenters. The van der Waals surface area contributed by atoms with Crippen LogP contribution in [0.25, 0.3) is 5.69 Å². The number of carbonyl (C=O) groups excluding carboxylic acids is 1. The van der Waals surface area contributed by atoms with E-state index in [1.54, 1.807) is 9.58 Å². The van der Waals surface area contributed by atoms with Crippen LogP contribution in [0, 0.1) is 0 Å². The van der Waals surface area contributed by atoms with Crippen LogP contribution < -0.4 is 0 Å². The molecule has 0 radical (unpaired) electrons. The van der Waals surface area contributed by atoms with Crippen molar-refractivity contribution in [1.29, 1.82) is 0 Å². The van der Waals surface area contributed by atoms with E-state index in [1.807, 2.05) is 56.3 Å². The minimum atomic E-state index is -0.927. The zero-order valence-electron chi connectivity index (χ0n) is 17.9. The topological polar surface area (TPSA) is 63.5 Å². The number of ether oxygens (including phenoxy) is 1. The molecule has 9 heteroatoms. The third kappa shape index (κ3) is 3.15. The van der Waals surface area contributed by atoms with E-state index in [1.165, 1.54) is 0 Å². The average Bonchev–Trinajstić information content (AvgIpc) is 3.38. The average molecular weight is 472 g/mol. The number of benzene rings is 2. The van der Waals surface area contributed by atoms with E-state index in [-0.39, 0.29) is 11.7 Å². The molecule has 2 aromatic carbocycles. The van der Waals surface area contributed by atoms with Gasteiger partial charge in [0.2, 0.25) is 5.82 Å². The summed E-state index contributed by atoms with van der Waals surface area (Å²) in [6.45, 7) is 6.72. The SMILES string of the molecule is CCN(CC)C(=O)c1nc2n(n1)-c1ccc(Cl)cc1C1(c3ccccc3Cl)OCCN1C2. The van der Waals surface area contributed by atoms with Crippen molar-refractivity contribution in [3.8, 4) is 5.69 Å². The third-order valence-corrected chi connectivity index (χ3v) is 6.72. The number of halogens is 2. The highest BCUT2D eigenvalue weighted by molar-refractivity contribution is 6.31. The lowest BCUT2D eigenvalue weighted by molar-refractivity contribution is -0.0550. The minimum absolute atomic E-state index is 0.180. The van der Waals surface area contributed by atoms with E-state index >= 15 is 0 Å². The summed E-state index contributed by atoms with van der Waals surface area (Å²) in [5.41, 5.74) is 1.50. The number of nitrogens with zero attached hydrogens (tertiary/aromatic N) is 5. The zero-order chi connectivity index (χ0) is 22.5. The summed E-state index contributed by atoms with van der Waals surface area (Å²) in [4.78, 5) is 21.5. The Kier molecular flexibility index (Phi) is 5.45. The largest absolute Gasteiger partial charge is 0.350 e. The molecule has 1 amide bonds. The molecule has 2 aliphatic heterocycles. The number of aromatic nitrogens is 3. The van der Waals surface area contributed by atoms with Gasteiger partial charge in [-0.15, -0.1) is 5.10 Å². The maximum Gasteiger partial charge on any atom is 0.293 e. The zero-order valence-corrected chi connectivity index (χ0v) is 19.4. The molecule has 32 heavy (non-hydrogen) atoms. The normalized spacial score (nSPS) is 19.8. The van der Waals surface area contributed by atoms with Crippen LogP contribution in [-0.4, -0.2) is 56.7 Å². The van der Waals surface area contributed by atoms with Crippen molar-refractivity contribution >= 4 is 29.1 Å². The van der Waals surface area contributed by atoms with Gasteiger partial charge in [0.1, 0.15) is 5.82 Å². The van der Waals surface area contributed by atoms with Gasteiger partial charge in [0, 0.05) is 40.8 Å². The van der Waals surface area contributed by atoms with Crippen LogP contribution in [0.15, 0.2) is 42.5 Å². The van der Waals surface area contributed by atoms with Crippen molar-refractivity contribution in [2.24, 2.45) is 0 Å². The van der Waals surface area contributed by atoms with Gasteiger partial charge in [0.15, 0.2) is 5.72 Å². The minimum Gasteiger partial charge on any atom is -0.350 e. The lowest BCUT2D eigenvalue weighted by atomic mass is 9.91. The summed E-state index contributed by atoms with van der Waals surface area (Å²) in [5, 5.41) is 5.81. The summed E-state index contributed by atoms with van der Waals surface area (Å²) in [5.74, 6) is 0.680. The van der Waals surface area contributed by atoms with Crippen LogP contribution in [0.2, 0.25) is 10.0 Å². The quantitative estimate of drug-likeness (QED) is 0.572. The Hall–Kier alpha value is -2.45. The van der Waals surface area contributed by atoms with Crippen molar-refractivity contribution in [3.63, 3.8) is 0 Å². The van der Waals surface area contributed by atoms with Crippen LogP contribution in [0.1, 0.15) is 41.4 Å². The summed E-state index contributed by atoms with van der Waals surface area (Å²) in [6, 6.07) is 13.3. The van der Waals surface area contributed by atoms with E-state index < -0.39 is 5.72 Å². The number of hydrogen-bond donors (Lipinski definition) is 0. The van der Waals surface area contributed by atoms with Gasteiger partial charge in [-0.1, -0.05) is 41.4 Å². The predicted octanol–water partition coefficient (Wildman–Crippen LogP) is 4.10. The Labute approximate surface area is 196 Å². The maximum absolute atomic E-state index is 12.9. The highest BCUT2D eigenvalue weighted by Crippen LogP contribution is 2.48. The Morgan fingerprint density at radius 1 is 1.16 bits per heavy atom. The summed E-state index contributed by atoms with van der Waals surface area (Å²) < 4.78 is 8.20. The van der Waals surface area contributed by atoms with Crippen molar-refractivity contribution in [1.82, 2.24) is 24.6 Å². The Bertz CT molecular complexity index is 1190. The number of carbonyl (C=O) groups is 1. The van der Waals surface area contributed by atoms with Crippen LogP contribution >= 0.6 is 23.2 Å². The van der Waals surface area contributed by atoms with Gasteiger partial charge < -0.3 is 9.64 Å². The lowest BCUT2D eigenvalue weighted by Gasteiger charge is -2.37. The first-order valence-electron chi connectivity index (χ1n) is 10.7. The Balaban J connectivity index is 1.74. The second-order valence-electron chi connectivity index (χ2n) is 7.80. The lowest BCUT2D eigenvalue weighted by Crippen LogP contribution is -2.42. The second kappa shape index (κ2) is 8.15. The van der Waals surface area contributed by atoms with Gasteiger partial charge in [-0.3, -0.25) is 9.69 Å². The second-order valence-corrected chi connectivity index (χ2v) is 8.64. The molecule has 5 rings (SSSR count). The molecule has 3 aromatic rings. The van der Waals surface area contributed by atoms with Gasteiger partial charge in [-0.2, -0.15) is 0 Å². The number of hydrogen-bond acceptors (Lipinski definition) is 5. The van der Waals surface area contributed by atoms with Gasteiger partial charge in [0.25, 0.3) is 5.91 Å². The molecule has 0 bridgehead atoms. The molecule has 0 N–H and O–H groups in total. The van der Waals surface area contributed by atoms with Crippen LogP contribution in [-0.2, 0) is 17.0 Å². The van der Waals surface area contributed by atoms with Crippen LogP contribution in [0.5, 0.6) is 0 Å². The molecule has 0 spiro atoms. The van der Waals surface area contributed by atoms with Crippen LogP contribution in [0.3, 0.4) is 0 Å². The molecule has 2 aliphatic rings. The third-order valence-electron chi connectivity index (χ3n) is 6.16. The molecule has 3 heterocycles. The molecule has 1 saturated heterocycles. The Morgan fingerprint density at radius 2 is 1.94 bits per heavy atom. The molecular weight excluding hydrogens is 449 g/mol. The summed E-state index contributed by atoms with van der Waals surface area (Å²) >= 11 is 13.1. The highest BCUT2D eigenvalue weighted by atomic mass is 35.5. The molecule has 1 fully saturated rings.